The summed E-state index contributed by atoms with van der Waals surface area (Å²) in [5.74, 6) is -2.68. The number of methoxy groups -OCH3 is 1. The van der Waals surface area contributed by atoms with Crippen molar-refractivity contribution >= 4 is 9.84 Å². The van der Waals surface area contributed by atoms with E-state index in [9.17, 15) is 17.2 Å². The summed E-state index contributed by atoms with van der Waals surface area (Å²) in [5, 5.41) is 0. The van der Waals surface area contributed by atoms with E-state index >= 15 is 0 Å². The Morgan fingerprint density at radius 3 is 2.44 bits per heavy atom. The third-order valence-corrected chi connectivity index (χ3v) is 4.99. The molecule has 2 aromatic heterocycles. The van der Waals surface area contributed by atoms with E-state index in [2.05, 4.69) is 9.97 Å². The lowest BCUT2D eigenvalue weighted by Crippen LogP contribution is -2.20. The summed E-state index contributed by atoms with van der Waals surface area (Å²) in [5.41, 5.74) is 0.398. The molecule has 9 heteroatoms. The van der Waals surface area contributed by atoms with Gasteiger partial charge in [0.05, 0.1) is 29.6 Å². The van der Waals surface area contributed by atoms with Crippen molar-refractivity contribution in [3.63, 3.8) is 0 Å². The Hall–Kier alpha value is -2.29. The Labute approximate surface area is 144 Å². The number of halogens is 2. The van der Waals surface area contributed by atoms with Crippen LogP contribution in [0.1, 0.15) is 13.8 Å². The third-order valence-electron chi connectivity index (χ3n) is 3.23. The number of alkyl halides is 2. The van der Waals surface area contributed by atoms with Crippen LogP contribution in [-0.4, -0.2) is 43.8 Å². The summed E-state index contributed by atoms with van der Waals surface area (Å²) in [4.78, 5) is 8.27. The monoisotopic (exact) mass is 372 g/mol. The lowest BCUT2D eigenvalue weighted by molar-refractivity contribution is -0.0230. The summed E-state index contributed by atoms with van der Waals surface area (Å²) in [6.45, 7) is 1.50. The molecular weight excluding hydrogens is 354 g/mol. The molecule has 0 saturated heterocycles. The Kier molecular flexibility index (Phi) is 5.56. The Balaban J connectivity index is 2.40. The van der Waals surface area contributed by atoms with Crippen LogP contribution in [0.2, 0.25) is 0 Å². The maximum Gasteiger partial charge on any atom is 0.278 e. The number of ether oxygens (including phenoxy) is 2. The highest BCUT2D eigenvalue weighted by Gasteiger charge is 2.23. The van der Waals surface area contributed by atoms with Crippen molar-refractivity contribution in [2.45, 2.75) is 24.7 Å². The molecule has 136 valence electrons. The summed E-state index contributed by atoms with van der Waals surface area (Å²) in [6.07, 6.45) is 1.24. The van der Waals surface area contributed by atoms with Crippen LogP contribution in [0.25, 0.3) is 11.4 Å². The molecule has 0 aliphatic carbocycles. The van der Waals surface area contributed by atoms with Crippen LogP contribution in [0.5, 0.6) is 11.6 Å². The molecule has 0 unspecified atom stereocenters. The molecule has 25 heavy (non-hydrogen) atoms. The lowest BCUT2D eigenvalue weighted by atomic mass is 10.2. The second kappa shape index (κ2) is 7.30. The molecule has 0 atom stereocenters. The minimum Gasteiger partial charge on any atom is -0.486 e. The van der Waals surface area contributed by atoms with Gasteiger partial charge in [-0.3, -0.25) is 4.98 Å². The molecule has 0 aliphatic rings. The highest BCUT2D eigenvalue weighted by molar-refractivity contribution is 7.91. The van der Waals surface area contributed by atoms with Crippen LogP contribution in [0.15, 0.2) is 35.4 Å². The second-order valence-corrected chi connectivity index (χ2v) is 7.59. The zero-order chi connectivity index (χ0) is 18.7. The molecule has 2 aromatic rings. The van der Waals surface area contributed by atoms with Crippen LogP contribution in [-0.2, 0) is 9.84 Å². The van der Waals surface area contributed by atoms with Crippen molar-refractivity contribution in [2.24, 2.45) is 0 Å². The molecule has 0 amide bonds. The van der Waals surface area contributed by atoms with Crippen LogP contribution < -0.4 is 9.47 Å². The van der Waals surface area contributed by atoms with Crippen molar-refractivity contribution in [2.75, 3.05) is 19.5 Å². The molecule has 0 fully saturated rings. The van der Waals surface area contributed by atoms with Gasteiger partial charge >= 0.3 is 0 Å². The highest BCUT2D eigenvalue weighted by atomic mass is 32.2. The highest BCUT2D eigenvalue weighted by Crippen LogP contribution is 2.28. The maximum absolute atomic E-state index is 12.8. The van der Waals surface area contributed by atoms with Gasteiger partial charge in [-0.2, -0.15) is 0 Å². The first kappa shape index (κ1) is 19.0. The molecule has 0 saturated carbocycles. The summed E-state index contributed by atoms with van der Waals surface area (Å²) in [7, 11) is -2.12. The van der Waals surface area contributed by atoms with E-state index in [1.54, 1.807) is 0 Å². The van der Waals surface area contributed by atoms with Crippen LogP contribution in [0.3, 0.4) is 0 Å². The fourth-order valence-electron chi connectivity index (χ4n) is 1.95. The number of aromatic nitrogens is 2. The number of pyridine rings is 2. The van der Waals surface area contributed by atoms with Crippen molar-refractivity contribution < 1.29 is 26.7 Å². The van der Waals surface area contributed by atoms with E-state index in [-0.39, 0.29) is 33.7 Å². The summed E-state index contributed by atoms with van der Waals surface area (Å²) in [6, 6.07) is 5.74. The van der Waals surface area contributed by atoms with Gasteiger partial charge in [0.2, 0.25) is 5.88 Å². The van der Waals surface area contributed by atoms with E-state index in [0.717, 1.165) is 6.92 Å². The van der Waals surface area contributed by atoms with Gasteiger partial charge in [-0.1, -0.05) is 6.92 Å². The average Bonchev–Trinajstić information content (AvgIpc) is 2.59. The first-order chi connectivity index (χ1) is 11.7. The van der Waals surface area contributed by atoms with Crippen molar-refractivity contribution in [3.8, 4) is 23.0 Å². The van der Waals surface area contributed by atoms with Gasteiger partial charge in [-0.15, -0.1) is 0 Å². The number of sulfone groups is 1. The Morgan fingerprint density at radius 1 is 1.20 bits per heavy atom. The third kappa shape index (κ3) is 4.85. The predicted molar refractivity (Wildman–Crippen MR) is 87.9 cm³/mol. The van der Waals surface area contributed by atoms with Crippen molar-refractivity contribution in [1.82, 2.24) is 9.97 Å². The quantitative estimate of drug-likeness (QED) is 0.744. The van der Waals surface area contributed by atoms with E-state index in [1.165, 1.54) is 44.5 Å². The molecule has 0 bridgehead atoms. The summed E-state index contributed by atoms with van der Waals surface area (Å²) < 4.78 is 60.1. The first-order valence-electron chi connectivity index (χ1n) is 7.41. The van der Waals surface area contributed by atoms with Gasteiger partial charge in [0.25, 0.3) is 5.92 Å². The standard InChI is InChI=1S/C16H18F2N2O4S/c1-4-25(21,22)13-7-8-14(23-3)20-15(13)12-6-5-11(9-19-12)24-10-16(2,17)18/h5-9H,4,10H2,1-3H3. The van der Waals surface area contributed by atoms with Gasteiger partial charge in [0, 0.05) is 13.0 Å². The maximum atomic E-state index is 12.8. The molecule has 0 radical (unpaired) electrons. The zero-order valence-electron chi connectivity index (χ0n) is 14.0. The second-order valence-electron chi connectivity index (χ2n) is 5.34. The van der Waals surface area contributed by atoms with Gasteiger partial charge in [0.15, 0.2) is 16.4 Å². The smallest absolute Gasteiger partial charge is 0.278 e. The molecule has 2 heterocycles. The number of nitrogens with zero attached hydrogens (tertiary/aromatic N) is 2. The lowest BCUT2D eigenvalue weighted by Gasteiger charge is -2.13. The SMILES string of the molecule is CCS(=O)(=O)c1ccc(OC)nc1-c1ccc(OCC(C)(F)F)cn1. The fraction of sp³-hybridized carbons (Fsp3) is 0.375. The van der Waals surface area contributed by atoms with E-state index in [1.807, 2.05) is 0 Å². The van der Waals surface area contributed by atoms with Gasteiger partial charge in [-0.25, -0.2) is 22.2 Å². The number of hydrogen-bond acceptors (Lipinski definition) is 6. The molecular formula is C16H18F2N2O4S. The Bertz CT molecular complexity index is 834. The first-order valence-corrected chi connectivity index (χ1v) is 9.06. The zero-order valence-corrected chi connectivity index (χ0v) is 14.8. The molecule has 6 nitrogen and oxygen atoms in total. The average molecular weight is 372 g/mol. The van der Waals surface area contributed by atoms with Crippen LogP contribution in [0, 0.1) is 0 Å². The van der Waals surface area contributed by atoms with E-state index in [4.69, 9.17) is 9.47 Å². The van der Waals surface area contributed by atoms with Crippen molar-refractivity contribution in [1.29, 1.82) is 0 Å². The minimum absolute atomic E-state index is 0.0251. The molecule has 0 N–H and O–H groups in total. The fourth-order valence-corrected chi connectivity index (χ4v) is 2.98. The minimum atomic E-state index is -3.53. The van der Waals surface area contributed by atoms with Crippen LogP contribution in [0.4, 0.5) is 8.78 Å². The van der Waals surface area contributed by atoms with Gasteiger partial charge in [-0.05, 0) is 18.2 Å². The van der Waals surface area contributed by atoms with Crippen molar-refractivity contribution in [3.05, 3.63) is 30.5 Å². The summed E-state index contributed by atoms with van der Waals surface area (Å²) >= 11 is 0. The van der Waals surface area contributed by atoms with E-state index < -0.39 is 22.4 Å². The van der Waals surface area contributed by atoms with Gasteiger partial charge in [0.1, 0.15) is 11.4 Å². The topological polar surface area (TPSA) is 78.4 Å². The molecule has 0 spiro atoms. The Morgan fingerprint density at radius 2 is 1.92 bits per heavy atom. The normalized spacial score (nSPS) is 12.0. The largest absolute Gasteiger partial charge is 0.486 e. The molecule has 0 aromatic carbocycles. The number of rotatable bonds is 7. The van der Waals surface area contributed by atoms with E-state index in [0.29, 0.717) is 0 Å². The predicted octanol–water partition coefficient (Wildman–Crippen LogP) is 2.98. The molecule has 0 aliphatic heterocycles. The number of hydrogen-bond donors (Lipinski definition) is 0. The molecule has 2 rings (SSSR count). The van der Waals surface area contributed by atoms with Gasteiger partial charge < -0.3 is 9.47 Å². The van der Waals surface area contributed by atoms with Crippen LogP contribution >= 0.6 is 0 Å².